The highest BCUT2D eigenvalue weighted by Crippen LogP contribution is 2.26. The molecule has 1 heterocycles. The van der Waals surface area contributed by atoms with E-state index in [2.05, 4.69) is 4.98 Å². The van der Waals surface area contributed by atoms with Gasteiger partial charge < -0.3 is 5.11 Å². The first kappa shape index (κ1) is 12.3. The van der Waals surface area contributed by atoms with Crippen LogP contribution in [0.2, 0.25) is 0 Å². The van der Waals surface area contributed by atoms with Gasteiger partial charge in [0.05, 0.1) is 11.1 Å². The Morgan fingerprint density at radius 1 is 1.11 bits per heavy atom. The van der Waals surface area contributed by atoms with Gasteiger partial charge >= 0.3 is 5.97 Å². The zero-order valence-electron chi connectivity index (χ0n) is 10.4. The van der Waals surface area contributed by atoms with E-state index in [0.29, 0.717) is 0 Å². The average molecular weight is 241 g/mol. The first-order chi connectivity index (χ1) is 8.51. The molecule has 0 amide bonds. The summed E-state index contributed by atoms with van der Waals surface area (Å²) in [4.78, 5) is 15.4. The van der Waals surface area contributed by atoms with Gasteiger partial charge in [-0.15, -0.1) is 0 Å². The molecule has 1 aromatic heterocycles. The van der Waals surface area contributed by atoms with E-state index in [1.54, 1.807) is 20.0 Å². The van der Waals surface area contributed by atoms with Gasteiger partial charge in [0.1, 0.15) is 0 Å². The maximum absolute atomic E-state index is 11.2. The highest BCUT2D eigenvalue weighted by molar-refractivity contribution is 5.80. The molecule has 0 aliphatic carbocycles. The third kappa shape index (κ3) is 2.25. The molecule has 3 heteroatoms. The summed E-state index contributed by atoms with van der Waals surface area (Å²) >= 11 is 0. The first-order valence-electron chi connectivity index (χ1n) is 5.77. The van der Waals surface area contributed by atoms with E-state index in [4.69, 9.17) is 5.11 Å². The number of nitrogens with zero attached hydrogens (tertiary/aromatic N) is 1. The molecule has 3 nitrogen and oxygen atoms in total. The number of hydrogen-bond acceptors (Lipinski definition) is 2. The van der Waals surface area contributed by atoms with Crippen LogP contribution in [-0.2, 0) is 10.2 Å². The van der Waals surface area contributed by atoms with Gasteiger partial charge in [-0.25, -0.2) is 0 Å². The van der Waals surface area contributed by atoms with Crippen LogP contribution in [0.3, 0.4) is 0 Å². The maximum atomic E-state index is 11.2. The molecule has 0 aliphatic heterocycles. The highest BCUT2D eigenvalue weighted by atomic mass is 16.4. The van der Waals surface area contributed by atoms with Crippen molar-refractivity contribution >= 4 is 5.97 Å². The van der Waals surface area contributed by atoms with Crippen LogP contribution in [0.5, 0.6) is 0 Å². The van der Waals surface area contributed by atoms with E-state index in [9.17, 15) is 4.79 Å². The summed E-state index contributed by atoms with van der Waals surface area (Å²) in [6, 6.07) is 13.2. The van der Waals surface area contributed by atoms with Crippen LogP contribution in [0.25, 0.3) is 11.3 Å². The Kier molecular flexibility index (Phi) is 3.15. The Morgan fingerprint density at radius 3 is 2.28 bits per heavy atom. The van der Waals surface area contributed by atoms with Crippen molar-refractivity contribution in [2.45, 2.75) is 19.3 Å². The van der Waals surface area contributed by atoms with Gasteiger partial charge in [-0.05, 0) is 31.5 Å². The molecule has 1 aromatic carbocycles. The number of benzene rings is 1. The number of carbonyl (C=O) groups is 1. The van der Waals surface area contributed by atoms with Gasteiger partial charge in [0.2, 0.25) is 0 Å². The number of carboxylic acid groups (broad SMARTS) is 1. The Bertz CT molecular complexity index is 544. The van der Waals surface area contributed by atoms with Crippen LogP contribution < -0.4 is 0 Å². The molecular formula is C15H15NO2. The minimum atomic E-state index is -0.872. The quantitative estimate of drug-likeness (QED) is 0.898. The minimum Gasteiger partial charge on any atom is -0.481 e. The topological polar surface area (TPSA) is 50.2 Å². The summed E-state index contributed by atoms with van der Waals surface area (Å²) in [6.07, 6.45) is 1.74. The van der Waals surface area contributed by atoms with Gasteiger partial charge in [-0.2, -0.15) is 0 Å². The lowest BCUT2D eigenvalue weighted by Gasteiger charge is -2.19. The molecule has 1 N–H and O–H groups in total. The molecule has 2 rings (SSSR count). The number of rotatable bonds is 3. The Morgan fingerprint density at radius 2 is 1.78 bits per heavy atom. The van der Waals surface area contributed by atoms with Crippen molar-refractivity contribution in [1.82, 2.24) is 4.98 Å². The largest absolute Gasteiger partial charge is 0.481 e. The lowest BCUT2D eigenvalue weighted by atomic mass is 9.84. The Hall–Kier alpha value is -2.16. The summed E-state index contributed by atoms with van der Waals surface area (Å²) in [5.41, 5.74) is 1.79. The van der Waals surface area contributed by atoms with Crippen LogP contribution in [-0.4, -0.2) is 16.1 Å². The zero-order chi connectivity index (χ0) is 13.2. The second kappa shape index (κ2) is 4.61. The van der Waals surface area contributed by atoms with Crippen molar-refractivity contribution in [3.63, 3.8) is 0 Å². The molecule has 0 fully saturated rings. The van der Waals surface area contributed by atoms with Gasteiger partial charge in [0.15, 0.2) is 0 Å². The lowest BCUT2D eigenvalue weighted by Crippen LogP contribution is -2.28. The Labute approximate surface area is 106 Å². The summed E-state index contributed by atoms with van der Waals surface area (Å²) in [7, 11) is 0. The second-order valence-corrected chi connectivity index (χ2v) is 4.72. The van der Waals surface area contributed by atoms with Gasteiger partial charge in [-0.1, -0.05) is 30.3 Å². The van der Waals surface area contributed by atoms with Crippen LogP contribution in [0.4, 0.5) is 0 Å². The van der Waals surface area contributed by atoms with Crippen LogP contribution >= 0.6 is 0 Å². The van der Waals surface area contributed by atoms with Crippen molar-refractivity contribution < 1.29 is 9.90 Å². The molecule has 0 saturated carbocycles. The van der Waals surface area contributed by atoms with Gasteiger partial charge in [0.25, 0.3) is 0 Å². The summed E-state index contributed by atoms with van der Waals surface area (Å²) in [6.45, 7) is 3.40. The molecule has 18 heavy (non-hydrogen) atoms. The van der Waals surface area contributed by atoms with E-state index in [1.807, 2.05) is 42.5 Å². The minimum absolute atomic E-state index is 0.787. The number of pyridine rings is 1. The normalized spacial score (nSPS) is 11.2. The van der Waals surface area contributed by atoms with Crippen molar-refractivity contribution in [3.05, 3.63) is 54.2 Å². The fourth-order valence-electron chi connectivity index (χ4n) is 1.71. The highest BCUT2D eigenvalue weighted by Gasteiger charge is 2.29. The molecule has 0 atom stereocenters. The Balaban J connectivity index is 2.35. The standard InChI is InChI=1S/C15H15NO2/c1-15(2,14(17)18)12-8-6-11(7-9-12)13-5-3-4-10-16-13/h3-10H,1-2H3,(H,17,18). The third-order valence-corrected chi connectivity index (χ3v) is 3.10. The van der Waals surface area contributed by atoms with E-state index in [1.165, 1.54) is 0 Å². The molecule has 0 bridgehead atoms. The van der Waals surface area contributed by atoms with Crippen LogP contribution in [0.1, 0.15) is 19.4 Å². The number of aliphatic carboxylic acids is 1. The lowest BCUT2D eigenvalue weighted by molar-refractivity contribution is -0.142. The molecule has 0 aliphatic rings. The SMILES string of the molecule is CC(C)(C(=O)O)c1ccc(-c2ccccn2)cc1. The van der Waals surface area contributed by atoms with Crippen LogP contribution in [0, 0.1) is 0 Å². The van der Waals surface area contributed by atoms with E-state index in [-0.39, 0.29) is 0 Å². The summed E-state index contributed by atoms with van der Waals surface area (Å²) in [5.74, 6) is -0.826. The van der Waals surface area contributed by atoms with E-state index < -0.39 is 11.4 Å². The third-order valence-electron chi connectivity index (χ3n) is 3.10. The number of hydrogen-bond donors (Lipinski definition) is 1. The molecular weight excluding hydrogens is 226 g/mol. The fourth-order valence-corrected chi connectivity index (χ4v) is 1.71. The number of aromatic nitrogens is 1. The molecule has 0 unspecified atom stereocenters. The van der Waals surface area contributed by atoms with Crippen molar-refractivity contribution in [2.75, 3.05) is 0 Å². The first-order valence-corrected chi connectivity index (χ1v) is 5.77. The monoisotopic (exact) mass is 241 g/mol. The maximum Gasteiger partial charge on any atom is 0.313 e. The average Bonchev–Trinajstić information content (AvgIpc) is 2.40. The smallest absolute Gasteiger partial charge is 0.313 e. The van der Waals surface area contributed by atoms with Gasteiger partial charge in [-0.3, -0.25) is 9.78 Å². The zero-order valence-corrected chi connectivity index (χ0v) is 10.4. The molecule has 92 valence electrons. The molecule has 0 spiro atoms. The van der Waals surface area contributed by atoms with E-state index in [0.717, 1.165) is 16.8 Å². The van der Waals surface area contributed by atoms with Crippen molar-refractivity contribution in [2.24, 2.45) is 0 Å². The van der Waals surface area contributed by atoms with E-state index >= 15 is 0 Å². The summed E-state index contributed by atoms with van der Waals surface area (Å²) in [5, 5.41) is 9.17. The molecule has 2 aromatic rings. The number of carboxylic acids is 1. The van der Waals surface area contributed by atoms with Crippen molar-refractivity contribution in [3.8, 4) is 11.3 Å². The molecule has 0 radical (unpaired) electrons. The molecule has 0 saturated heterocycles. The van der Waals surface area contributed by atoms with Crippen molar-refractivity contribution in [1.29, 1.82) is 0 Å². The predicted molar refractivity (Wildman–Crippen MR) is 70.3 cm³/mol. The predicted octanol–water partition coefficient (Wildman–Crippen LogP) is 3.11. The fraction of sp³-hybridized carbons (Fsp3) is 0.200. The second-order valence-electron chi connectivity index (χ2n) is 4.72. The summed E-state index contributed by atoms with van der Waals surface area (Å²) < 4.78 is 0. The van der Waals surface area contributed by atoms with Crippen LogP contribution in [0.15, 0.2) is 48.7 Å². The van der Waals surface area contributed by atoms with Gasteiger partial charge in [0, 0.05) is 11.8 Å².